The van der Waals surface area contributed by atoms with E-state index in [4.69, 9.17) is 9.97 Å². The molecule has 1 atom stereocenters. The van der Waals surface area contributed by atoms with Gasteiger partial charge >= 0.3 is 0 Å². The lowest BCUT2D eigenvalue weighted by atomic mass is 9.74. The molecule has 61 heavy (non-hydrogen) atoms. The molecule has 1 saturated carbocycles. The monoisotopic (exact) mass is 836 g/mol. The van der Waals surface area contributed by atoms with Gasteiger partial charge < -0.3 is 15.1 Å². The number of aromatic nitrogens is 6. The van der Waals surface area contributed by atoms with Gasteiger partial charge in [-0.3, -0.25) is 24.5 Å². The molecule has 5 aromatic rings. The fourth-order valence-electron chi connectivity index (χ4n) is 9.53. The van der Waals surface area contributed by atoms with E-state index >= 15 is 8.78 Å². The molecular formula is C43H47F3N12O3. The first-order valence-electron chi connectivity index (χ1n) is 21.1. The number of amides is 1. The van der Waals surface area contributed by atoms with Crippen molar-refractivity contribution in [2.24, 2.45) is 5.41 Å². The first kappa shape index (κ1) is 40.3. The van der Waals surface area contributed by atoms with Crippen LogP contribution >= 0.6 is 0 Å². The number of halogens is 3. The number of alkyl halides is 2. The van der Waals surface area contributed by atoms with Crippen molar-refractivity contribution in [2.75, 3.05) is 49.1 Å². The Labute approximate surface area is 350 Å². The number of carbonyl (C=O) groups is 1. The molecule has 1 aliphatic carbocycles. The van der Waals surface area contributed by atoms with E-state index in [0.717, 1.165) is 68.7 Å². The molecule has 9 rings (SSSR count). The first-order chi connectivity index (χ1) is 29.4. The Morgan fingerprint density at radius 3 is 2.39 bits per heavy atom. The summed E-state index contributed by atoms with van der Waals surface area (Å²) in [5.41, 5.74) is 2.67. The minimum absolute atomic E-state index is 0.0304. The molecule has 4 fully saturated rings. The first-order valence-corrected chi connectivity index (χ1v) is 21.1. The Hall–Kier alpha value is -6.09. The van der Waals surface area contributed by atoms with E-state index in [1.807, 2.05) is 27.9 Å². The Kier molecular flexibility index (Phi) is 10.6. The largest absolute Gasteiger partial charge is 0.363 e. The lowest BCUT2D eigenvalue weighted by Crippen LogP contribution is -2.59. The predicted molar refractivity (Wildman–Crippen MR) is 221 cm³/mol. The van der Waals surface area contributed by atoms with Crippen LogP contribution in [-0.2, 0) is 4.79 Å². The van der Waals surface area contributed by atoms with E-state index in [1.54, 1.807) is 23.1 Å². The number of carbonyl (C=O) groups excluding carboxylic acids is 1. The molecule has 1 aromatic carbocycles. The Bertz CT molecular complexity index is 2480. The molecule has 4 aliphatic rings. The number of nitro groups is 1. The maximum Gasteiger partial charge on any atom is 0.280 e. The second-order valence-corrected chi connectivity index (χ2v) is 16.9. The van der Waals surface area contributed by atoms with Crippen molar-refractivity contribution < 1.29 is 22.9 Å². The number of pyridine rings is 1. The van der Waals surface area contributed by atoms with E-state index in [0.29, 0.717) is 60.0 Å². The van der Waals surface area contributed by atoms with E-state index in [9.17, 15) is 24.6 Å². The van der Waals surface area contributed by atoms with Gasteiger partial charge in [0.25, 0.3) is 11.6 Å². The smallest absolute Gasteiger partial charge is 0.280 e. The molecule has 1 amide bonds. The standard InChI is InChI=1S/C43H47F3N12O3/c1-2-42(41(59)51-31-4-3-5-31)13-18-54(19-14-42)38-9-6-28(22-48-38)39-40-29(21-47)23-50-57(40)26-35(52-39)30-24-49-56(25-30)32-10-15-53(16-11-32)37-12-17-55(27-43(37,45)46)36-8-7-33(58(60)61)20-34(36)44/h6-9,20,22-26,31-32,37H,2-5,10-19,27H2,1H3,(H,51,59)/t37-/m0/s1. The minimum atomic E-state index is -3.13. The van der Waals surface area contributed by atoms with Gasteiger partial charge in [0.1, 0.15) is 23.0 Å². The number of piperidine rings is 3. The number of rotatable bonds is 10. The highest BCUT2D eigenvalue weighted by Crippen LogP contribution is 2.40. The third kappa shape index (κ3) is 7.64. The zero-order chi connectivity index (χ0) is 42.5. The van der Waals surface area contributed by atoms with E-state index in [2.05, 4.69) is 33.4 Å². The third-order valence-corrected chi connectivity index (χ3v) is 13.5. The summed E-state index contributed by atoms with van der Waals surface area (Å²) in [6, 6.07) is 8.50. The zero-order valence-corrected chi connectivity index (χ0v) is 33.9. The van der Waals surface area contributed by atoms with Gasteiger partial charge in [-0.25, -0.2) is 27.7 Å². The van der Waals surface area contributed by atoms with Crippen molar-refractivity contribution in [3.8, 4) is 28.6 Å². The van der Waals surface area contributed by atoms with Crippen molar-refractivity contribution in [2.45, 2.75) is 88.8 Å². The highest BCUT2D eigenvalue weighted by molar-refractivity contribution is 5.84. The Morgan fingerprint density at radius 1 is 0.967 bits per heavy atom. The number of nitrogens with one attached hydrogen (secondary N) is 1. The highest BCUT2D eigenvalue weighted by atomic mass is 19.3. The summed E-state index contributed by atoms with van der Waals surface area (Å²) >= 11 is 0. The molecule has 0 radical (unpaired) electrons. The maximum absolute atomic E-state index is 15.7. The number of likely N-dealkylation sites (tertiary alicyclic amines) is 1. The van der Waals surface area contributed by atoms with Gasteiger partial charge in [0.15, 0.2) is 5.82 Å². The van der Waals surface area contributed by atoms with Crippen molar-refractivity contribution in [3.63, 3.8) is 0 Å². The number of nitriles is 1. The van der Waals surface area contributed by atoms with Crippen LogP contribution in [0.5, 0.6) is 0 Å². The fraction of sp³-hybridized carbons (Fsp3) is 0.488. The normalized spacial score (nSPS) is 20.9. The maximum atomic E-state index is 15.7. The second-order valence-electron chi connectivity index (χ2n) is 16.9. The highest BCUT2D eigenvalue weighted by Gasteiger charge is 2.48. The van der Waals surface area contributed by atoms with Crippen LogP contribution in [0.1, 0.15) is 76.3 Å². The average molecular weight is 837 g/mol. The van der Waals surface area contributed by atoms with Crippen molar-refractivity contribution in [3.05, 3.63) is 82.8 Å². The van der Waals surface area contributed by atoms with Gasteiger partial charge in [-0.15, -0.1) is 0 Å². The molecule has 4 aromatic heterocycles. The molecule has 318 valence electrons. The number of hydrogen-bond donors (Lipinski definition) is 1. The van der Waals surface area contributed by atoms with Gasteiger partial charge in [0, 0.05) is 68.4 Å². The summed E-state index contributed by atoms with van der Waals surface area (Å²) in [5, 5.41) is 33.4. The summed E-state index contributed by atoms with van der Waals surface area (Å²) in [4.78, 5) is 38.7. The SMILES string of the molecule is CCC1(C(=O)NC2CCC2)CCN(c2ccc(-c3nc(-c4cnn(C5CCN([C@H]6CCN(c7ccc([N+](=O)[O-])cc7F)CC6(F)F)CC5)c4)cn4ncc(C#N)c34)cn2)CC1. The molecule has 15 nitrogen and oxygen atoms in total. The van der Waals surface area contributed by atoms with Crippen molar-refractivity contribution in [1.29, 1.82) is 5.26 Å². The van der Waals surface area contributed by atoms with Crippen LogP contribution in [0.3, 0.4) is 0 Å². The Morgan fingerprint density at radius 2 is 1.75 bits per heavy atom. The molecular weight excluding hydrogens is 790 g/mol. The molecule has 0 spiro atoms. The van der Waals surface area contributed by atoms with Crippen molar-refractivity contribution >= 4 is 28.6 Å². The summed E-state index contributed by atoms with van der Waals surface area (Å²) in [6.07, 6.45) is 15.6. The molecule has 3 aliphatic heterocycles. The van der Waals surface area contributed by atoms with Gasteiger partial charge in [-0.2, -0.15) is 15.5 Å². The number of hydrogen-bond acceptors (Lipinski definition) is 11. The number of anilines is 2. The lowest BCUT2D eigenvalue weighted by molar-refractivity contribution is -0.385. The average Bonchev–Trinajstić information content (AvgIpc) is 3.92. The number of nitro benzene ring substituents is 1. The van der Waals surface area contributed by atoms with Gasteiger partial charge in [-0.05, 0) is 76.0 Å². The molecule has 0 unspecified atom stereocenters. The predicted octanol–water partition coefficient (Wildman–Crippen LogP) is 6.79. The molecule has 18 heteroatoms. The number of benzene rings is 1. The quantitative estimate of drug-likeness (QED) is 0.116. The molecule has 3 saturated heterocycles. The van der Waals surface area contributed by atoms with Crippen LogP contribution in [0.15, 0.2) is 61.3 Å². The van der Waals surface area contributed by atoms with Gasteiger partial charge in [0.2, 0.25) is 5.91 Å². The van der Waals surface area contributed by atoms with Crippen LogP contribution in [-0.4, -0.2) is 102 Å². The van der Waals surface area contributed by atoms with E-state index in [-0.39, 0.29) is 36.0 Å². The molecule has 7 heterocycles. The minimum Gasteiger partial charge on any atom is -0.363 e. The zero-order valence-electron chi connectivity index (χ0n) is 33.9. The number of fused-ring (bicyclic) bond motifs is 1. The van der Waals surface area contributed by atoms with E-state index < -0.39 is 34.9 Å². The number of non-ortho nitro benzene ring substituents is 1. The van der Waals surface area contributed by atoms with Crippen LogP contribution in [0.2, 0.25) is 0 Å². The summed E-state index contributed by atoms with van der Waals surface area (Å²) < 4.78 is 49.5. The summed E-state index contributed by atoms with van der Waals surface area (Å²) in [7, 11) is 0. The number of nitrogens with zero attached hydrogens (tertiary/aromatic N) is 11. The van der Waals surface area contributed by atoms with Crippen LogP contribution in [0, 0.1) is 32.7 Å². The Balaban J connectivity index is 0.865. The van der Waals surface area contributed by atoms with Crippen LogP contribution < -0.4 is 15.1 Å². The van der Waals surface area contributed by atoms with Gasteiger partial charge in [-0.1, -0.05) is 6.92 Å². The van der Waals surface area contributed by atoms with Crippen molar-refractivity contribution in [1.82, 2.24) is 39.6 Å². The lowest BCUT2D eigenvalue weighted by Gasteiger charge is -2.46. The third-order valence-electron chi connectivity index (χ3n) is 13.5. The molecule has 1 N–H and O–H groups in total. The molecule has 0 bridgehead atoms. The summed E-state index contributed by atoms with van der Waals surface area (Å²) in [6.45, 7) is 3.93. The fourth-order valence-corrected chi connectivity index (χ4v) is 9.53. The van der Waals surface area contributed by atoms with Gasteiger partial charge in [0.05, 0.1) is 70.7 Å². The summed E-state index contributed by atoms with van der Waals surface area (Å²) in [5.74, 6) is -3.02. The van der Waals surface area contributed by atoms with Crippen LogP contribution in [0.25, 0.3) is 28.0 Å². The second kappa shape index (κ2) is 16.1. The topological polar surface area (TPSA) is 167 Å². The van der Waals surface area contributed by atoms with E-state index in [1.165, 1.54) is 23.6 Å². The van der Waals surface area contributed by atoms with Crippen LogP contribution in [0.4, 0.5) is 30.4 Å².